The number of hydrogen-bond acceptors (Lipinski definition) is 3. The van der Waals surface area contributed by atoms with Crippen molar-refractivity contribution in [3.63, 3.8) is 0 Å². The van der Waals surface area contributed by atoms with Crippen LogP contribution in [-0.4, -0.2) is 38.1 Å². The third kappa shape index (κ3) is 7.98. The van der Waals surface area contributed by atoms with Crippen molar-refractivity contribution in [2.75, 3.05) is 26.4 Å². The van der Waals surface area contributed by atoms with Crippen LogP contribution in [0.15, 0.2) is 12.2 Å². The molecule has 21 heavy (non-hydrogen) atoms. The lowest BCUT2D eigenvalue weighted by molar-refractivity contribution is -0.0614. The molecule has 3 unspecified atom stereocenters. The minimum absolute atomic E-state index is 0.0905. The standard InChI is InChI=1S/C18H34O3/c1-14(2)16-8-7-15(3)13-17(16)20-11-9-19-10-12-21-18(4,5)6/h15-17H,1,7-13H2,2-6H3. The number of hydrogen-bond donors (Lipinski definition) is 0. The van der Waals surface area contributed by atoms with Crippen LogP contribution in [-0.2, 0) is 14.2 Å². The molecule has 0 aromatic heterocycles. The van der Waals surface area contributed by atoms with E-state index in [-0.39, 0.29) is 5.60 Å². The Morgan fingerprint density at radius 1 is 1.10 bits per heavy atom. The van der Waals surface area contributed by atoms with E-state index in [1.807, 2.05) is 0 Å². The van der Waals surface area contributed by atoms with Crippen molar-refractivity contribution < 1.29 is 14.2 Å². The number of rotatable bonds is 8. The molecule has 0 aromatic rings. The molecule has 0 heterocycles. The van der Waals surface area contributed by atoms with Gasteiger partial charge in [0.25, 0.3) is 0 Å². The van der Waals surface area contributed by atoms with E-state index in [0.29, 0.717) is 38.4 Å². The smallest absolute Gasteiger partial charge is 0.0707 e. The van der Waals surface area contributed by atoms with Crippen molar-refractivity contribution in [2.45, 2.75) is 65.6 Å². The van der Waals surface area contributed by atoms with Crippen LogP contribution in [0.5, 0.6) is 0 Å². The lowest BCUT2D eigenvalue weighted by atomic mass is 9.78. The third-order valence-corrected chi connectivity index (χ3v) is 4.01. The van der Waals surface area contributed by atoms with Gasteiger partial charge in [0.1, 0.15) is 0 Å². The SMILES string of the molecule is C=C(C)C1CCC(C)CC1OCCOCCOC(C)(C)C. The van der Waals surface area contributed by atoms with E-state index in [4.69, 9.17) is 14.2 Å². The largest absolute Gasteiger partial charge is 0.377 e. The molecule has 0 N–H and O–H groups in total. The Kier molecular flexibility index (Phi) is 7.93. The van der Waals surface area contributed by atoms with E-state index in [2.05, 4.69) is 41.2 Å². The molecule has 1 fully saturated rings. The maximum Gasteiger partial charge on any atom is 0.0707 e. The predicted molar refractivity (Wildman–Crippen MR) is 87.6 cm³/mol. The molecule has 3 atom stereocenters. The Bertz CT molecular complexity index is 306. The van der Waals surface area contributed by atoms with Gasteiger partial charge in [-0.05, 0) is 52.9 Å². The molecule has 3 heteroatoms. The van der Waals surface area contributed by atoms with Crippen molar-refractivity contribution in [3.05, 3.63) is 12.2 Å². The quantitative estimate of drug-likeness (QED) is 0.496. The summed E-state index contributed by atoms with van der Waals surface area (Å²) in [6, 6.07) is 0. The Hall–Kier alpha value is -0.380. The van der Waals surface area contributed by atoms with Gasteiger partial charge in [-0.25, -0.2) is 0 Å². The van der Waals surface area contributed by atoms with Crippen LogP contribution < -0.4 is 0 Å². The molecule has 0 radical (unpaired) electrons. The minimum Gasteiger partial charge on any atom is -0.377 e. The second kappa shape index (κ2) is 8.92. The highest BCUT2D eigenvalue weighted by Crippen LogP contribution is 2.34. The first-order valence-corrected chi connectivity index (χ1v) is 8.28. The molecule has 1 rings (SSSR count). The molecule has 1 aliphatic rings. The van der Waals surface area contributed by atoms with Gasteiger partial charge >= 0.3 is 0 Å². The maximum atomic E-state index is 6.05. The summed E-state index contributed by atoms with van der Waals surface area (Å²) in [5.74, 6) is 1.28. The van der Waals surface area contributed by atoms with Gasteiger partial charge in [0.15, 0.2) is 0 Å². The fraction of sp³-hybridized carbons (Fsp3) is 0.889. The van der Waals surface area contributed by atoms with Crippen LogP contribution in [0.25, 0.3) is 0 Å². The van der Waals surface area contributed by atoms with Crippen molar-refractivity contribution in [2.24, 2.45) is 11.8 Å². The van der Waals surface area contributed by atoms with Gasteiger partial charge < -0.3 is 14.2 Å². The van der Waals surface area contributed by atoms with E-state index in [9.17, 15) is 0 Å². The van der Waals surface area contributed by atoms with Gasteiger partial charge in [-0.3, -0.25) is 0 Å². The summed E-state index contributed by atoms with van der Waals surface area (Å²) in [5.41, 5.74) is 1.17. The third-order valence-electron chi connectivity index (χ3n) is 4.01. The maximum absolute atomic E-state index is 6.05. The molecule has 0 spiro atoms. The van der Waals surface area contributed by atoms with Gasteiger partial charge in [0.2, 0.25) is 0 Å². The first-order valence-electron chi connectivity index (χ1n) is 8.28. The average Bonchev–Trinajstić information content (AvgIpc) is 2.36. The van der Waals surface area contributed by atoms with E-state index in [1.165, 1.54) is 18.4 Å². The van der Waals surface area contributed by atoms with Crippen LogP contribution in [0.4, 0.5) is 0 Å². The molecule has 0 saturated heterocycles. The first-order chi connectivity index (χ1) is 9.79. The summed E-state index contributed by atoms with van der Waals surface area (Å²) >= 11 is 0. The molecule has 124 valence electrons. The summed E-state index contributed by atoms with van der Waals surface area (Å²) in [4.78, 5) is 0. The summed E-state index contributed by atoms with van der Waals surface area (Å²) < 4.78 is 17.2. The molecule has 0 bridgehead atoms. The average molecular weight is 298 g/mol. The normalized spacial score (nSPS) is 26.8. The molecular weight excluding hydrogens is 264 g/mol. The van der Waals surface area contributed by atoms with Crippen LogP contribution >= 0.6 is 0 Å². The van der Waals surface area contributed by atoms with Crippen molar-refractivity contribution in [3.8, 4) is 0 Å². The molecule has 0 aliphatic heterocycles. The van der Waals surface area contributed by atoms with E-state index < -0.39 is 0 Å². The van der Waals surface area contributed by atoms with E-state index in [1.54, 1.807) is 0 Å². The summed E-state index contributed by atoms with van der Waals surface area (Å²) in [6.45, 7) is 17.3. The van der Waals surface area contributed by atoms with Crippen LogP contribution in [0, 0.1) is 11.8 Å². The van der Waals surface area contributed by atoms with E-state index in [0.717, 1.165) is 12.3 Å². The van der Waals surface area contributed by atoms with Crippen LogP contribution in [0.1, 0.15) is 53.9 Å². The lowest BCUT2D eigenvalue weighted by Crippen LogP contribution is -2.32. The first kappa shape index (κ1) is 18.7. The molecule has 0 amide bonds. The van der Waals surface area contributed by atoms with Gasteiger partial charge in [0.05, 0.1) is 38.1 Å². The molecule has 3 nitrogen and oxygen atoms in total. The fourth-order valence-corrected chi connectivity index (χ4v) is 2.84. The predicted octanol–water partition coefficient (Wildman–Crippen LogP) is 4.22. The Morgan fingerprint density at radius 3 is 2.38 bits per heavy atom. The fourth-order valence-electron chi connectivity index (χ4n) is 2.84. The summed E-state index contributed by atoms with van der Waals surface area (Å²) in [5, 5.41) is 0. The highest BCUT2D eigenvalue weighted by molar-refractivity contribution is 5.02. The Labute approximate surface area is 131 Å². The summed E-state index contributed by atoms with van der Waals surface area (Å²) in [7, 11) is 0. The monoisotopic (exact) mass is 298 g/mol. The van der Waals surface area contributed by atoms with Crippen LogP contribution in [0.3, 0.4) is 0 Å². The van der Waals surface area contributed by atoms with Crippen molar-refractivity contribution in [1.82, 2.24) is 0 Å². The minimum atomic E-state index is -0.0905. The molecule has 0 aromatic carbocycles. The van der Waals surface area contributed by atoms with Gasteiger partial charge in [-0.2, -0.15) is 0 Å². The molecule has 1 saturated carbocycles. The van der Waals surface area contributed by atoms with Gasteiger partial charge in [0, 0.05) is 5.92 Å². The Morgan fingerprint density at radius 2 is 1.76 bits per heavy atom. The van der Waals surface area contributed by atoms with Crippen molar-refractivity contribution >= 4 is 0 Å². The lowest BCUT2D eigenvalue weighted by Gasteiger charge is -2.35. The topological polar surface area (TPSA) is 27.7 Å². The second-order valence-electron chi connectivity index (χ2n) is 7.35. The van der Waals surface area contributed by atoms with E-state index >= 15 is 0 Å². The van der Waals surface area contributed by atoms with Gasteiger partial charge in [-0.15, -0.1) is 0 Å². The zero-order chi connectivity index (χ0) is 15.9. The summed E-state index contributed by atoms with van der Waals surface area (Å²) in [6.07, 6.45) is 3.96. The van der Waals surface area contributed by atoms with Crippen molar-refractivity contribution in [1.29, 1.82) is 0 Å². The number of ether oxygens (including phenoxy) is 3. The van der Waals surface area contributed by atoms with Crippen LogP contribution in [0.2, 0.25) is 0 Å². The zero-order valence-electron chi connectivity index (χ0n) is 14.6. The second-order valence-corrected chi connectivity index (χ2v) is 7.35. The highest BCUT2D eigenvalue weighted by Gasteiger charge is 2.29. The Balaban J connectivity index is 2.14. The molecular formula is C18H34O3. The zero-order valence-corrected chi connectivity index (χ0v) is 14.6. The molecule has 1 aliphatic carbocycles. The highest BCUT2D eigenvalue weighted by atomic mass is 16.6. The van der Waals surface area contributed by atoms with Gasteiger partial charge in [-0.1, -0.05) is 19.1 Å².